The molecule has 1 atom stereocenters. The number of carbonyl (C=O) groups is 1. The van der Waals surface area contributed by atoms with Crippen molar-refractivity contribution in [3.63, 3.8) is 0 Å². The van der Waals surface area contributed by atoms with Crippen LogP contribution in [0.2, 0.25) is 0 Å². The molecule has 0 saturated carbocycles. The molecule has 72 valence electrons. The summed E-state index contributed by atoms with van der Waals surface area (Å²) in [7, 11) is 0. The molecule has 1 aromatic heterocycles. The Balaban J connectivity index is 2.87. The highest BCUT2D eigenvalue weighted by Crippen LogP contribution is 2.28. The van der Waals surface area contributed by atoms with E-state index < -0.39 is 11.6 Å². The van der Waals surface area contributed by atoms with Gasteiger partial charge in [0.2, 0.25) is 0 Å². The predicted molar refractivity (Wildman–Crippen MR) is 45.1 cm³/mol. The van der Waals surface area contributed by atoms with Gasteiger partial charge in [0.05, 0.1) is 12.7 Å². The van der Waals surface area contributed by atoms with Gasteiger partial charge in [-0.05, 0) is 18.6 Å². The minimum Gasteiger partial charge on any atom is -0.481 e. The first-order valence-corrected chi connectivity index (χ1v) is 4.06. The lowest BCUT2D eigenvalue weighted by atomic mass is 9.94. The third-order valence-corrected chi connectivity index (χ3v) is 2.01. The summed E-state index contributed by atoms with van der Waals surface area (Å²) in [6.07, 6.45) is 1.39. The molecule has 0 aliphatic carbocycles. The van der Waals surface area contributed by atoms with E-state index in [1.807, 2.05) is 0 Å². The molecule has 4 heteroatoms. The average Bonchev–Trinajstić information content (AvgIpc) is 2.55. The summed E-state index contributed by atoms with van der Waals surface area (Å²) in [5.74, 6) is -0.738. The van der Waals surface area contributed by atoms with Crippen molar-refractivity contribution in [1.82, 2.24) is 0 Å². The quantitative estimate of drug-likeness (QED) is 0.741. The van der Waals surface area contributed by atoms with Gasteiger partial charge >= 0.3 is 5.97 Å². The van der Waals surface area contributed by atoms with E-state index in [4.69, 9.17) is 9.52 Å². The lowest BCUT2D eigenvalue weighted by Crippen LogP contribution is -2.27. The molecule has 1 heterocycles. The molecular formula is C9H12O4. The van der Waals surface area contributed by atoms with Crippen molar-refractivity contribution in [2.75, 3.05) is 0 Å². The molecule has 1 unspecified atom stereocenters. The Kier molecular flexibility index (Phi) is 2.72. The number of furan rings is 1. The summed E-state index contributed by atoms with van der Waals surface area (Å²) in [6.45, 7) is 1.71. The second-order valence-corrected chi connectivity index (χ2v) is 2.93. The average molecular weight is 184 g/mol. The minimum atomic E-state index is -1.38. The smallest absolute Gasteiger partial charge is 0.306 e. The van der Waals surface area contributed by atoms with Gasteiger partial charge in [0.1, 0.15) is 11.4 Å². The SMILES string of the molecule is CCC(O)(CC(=O)O)c1ccco1. The van der Waals surface area contributed by atoms with Gasteiger partial charge in [0.15, 0.2) is 0 Å². The van der Waals surface area contributed by atoms with Crippen LogP contribution in [0.3, 0.4) is 0 Å². The maximum atomic E-state index is 10.5. The van der Waals surface area contributed by atoms with E-state index in [1.165, 1.54) is 6.26 Å². The third kappa shape index (κ3) is 2.09. The molecule has 0 aliphatic heterocycles. The van der Waals surface area contributed by atoms with Gasteiger partial charge in [-0.2, -0.15) is 0 Å². The Morgan fingerprint density at radius 1 is 1.69 bits per heavy atom. The monoisotopic (exact) mass is 184 g/mol. The molecule has 13 heavy (non-hydrogen) atoms. The zero-order chi connectivity index (χ0) is 9.90. The maximum absolute atomic E-state index is 10.5. The molecule has 2 N–H and O–H groups in total. The Morgan fingerprint density at radius 3 is 2.77 bits per heavy atom. The normalized spacial score (nSPS) is 15.2. The van der Waals surface area contributed by atoms with E-state index in [0.717, 1.165) is 0 Å². The molecule has 0 aromatic carbocycles. The van der Waals surface area contributed by atoms with Crippen LogP contribution in [0.5, 0.6) is 0 Å². The Hall–Kier alpha value is -1.29. The zero-order valence-corrected chi connectivity index (χ0v) is 7.36. The molecule has 0 saturated heterocycles. The molecule has 4 nitrogen and oxygen atoms in total. The molecule has 0 spiro atoms. The second kappa shape index (κ2) is 3.62. The van der Waals surface area contributed by atoms with Crippen LogP contribution in [0.15, 0.2) is 22.8 Å². The number of aliphatic carboxylic acids is 1. The van der Waals surface area contributed by atoms with Gasteiger partial charge in [-0.1, -0.05) is 6.92 Å². The van der Waals surface area contributed by atoms with Crippen molar-refractivity contribution in [3.05, 3.63) is 24.2 Å². The van der Waals surface area contributed by atoms with Gasteiger partial charge in [-0.3, -0.25) is 4.79 Å². The number of aliphatic hydroxyl groups is 1. The van der Waals surface area contributed by atoms with Crippen LogP contribution in [0, 0.1) is 0 Å². The molecule has 0 radical (unpaired) electrons. The van der Waals surface area contributed by atoms with Crippen LogP contribution < -0.4 is 0 Å². The van der Waals surface area contributed by atoms with Crippen molar-refractivity contribution in [3.8, 4) is 0 Å². The second-order valence-electron chi connectivity index (χ2n) is 2.93. The van der Waals surface area contributed by atoms with Crippen molar-refractivity contribution < 1.29 is 19.4 Å². The lowest BCUT2D eigenvalue weighted by molar-refractivity contribution is -0.144. The fourth-order valence-corrected chi connectivity index (χ4v) is 1.18. The van der Waals surface area contributed by atoms with E-state index >= 15 is 0 Å². The molecule has 1 rings (SSSR count). The van der Waals surface area contributed by atoms with E-state index in [1.54, 1.807) is 19.1 Å². The highest BCUT2D eigenvalue weighted by molar-refractivity contribution is 5.68. The van der Waals surface area contributed by atoms with Gasteiger partial charge in [0.25, 0.3) is 0 Å². The van der Waals surface area contributed by atoms with Crippen LogP contribution in [0.25, 0.3) is 0 Å². The Labute approximate surface area is 75.8 Å². The first kappa shape index (κ1) is 9.80. The minimum absolute atomic E-state index is 0.303. The summed E-state index contributed by atoms with van der Waals surface area (Å²) in [5.41, 5.74) is -1.38. The van der Waals surface area contributed by atoms with E-state index in [2.05, 4.69) is 0 Å². The summed E-state index contributed by atoms with van der Waals surface area (Å²) in [4.78, 5) is 10.5. The number of carboxylic acids is 1. The molecule has 0 bridgehead atoms. The Morgan fingerprint density at radius 2 is 2.38 bits per heavy atom. The fraction of sp³-hybridized carbons (Fsp3) is 0.444. The summed E-state index contributed by atoms with van der Waals surface area (Å²) >= 11 is 0. The standard InChI is InChI=1S/C9H12O4/c1-2-9(12,6-8(10)11)7-4-3-5-13-7/h3-5,12H,2,6H2,1H3,(H,10,11). The Bertz CT molecular complexity index is 278. The predicted octanol–water partition coefficient (Wildman–Crippen LogP) is 1.35. The van der Waals surface area contributed by atoms with E-state index in [9.17, 15) is 9.90 Å². The van der Waals surface area contributed by atoms with Crippen molar-refractivity contribution in [2.24, 2.45) is 0 Å². The van der Waals surface area contributed by atoms with Crippen molar-refractivity contribution in [2.45, 2.75) is 25.4 Å². The van der Waals surface area contributed by atoms with Crippen LogP contribution in [-0.2, 0) is 10.4 Å². The summed E-state index contributed by atoms with van der Waals surface area (Å²) in [5, 5.41) is 18.5. The first-order valence-electron chi connectivity index (χ1n) is 4.06. The largest absolute Gasteiger partial charge is 0.481 e. The molecular weight excluding hydrogens is 172 g/mol. The molecule has 0 aliphatic rings. The third-order valence-electron chi connectivity index (χ3n) is 2.01. The number of carboxylic acid groups (broad SMARTS) is 1. The number of hydrogen-bond acceptors (Lipinski definition) is 3. The summed E-state index contributed by atoms with van der Waals surface area (Å²) < 4.78 is 4.98. The van der Waals surface area contributed by atoms with E-state index in [-0.39, 0.29) is 6.42 Å². The van der Waals surface area contributed by atoms with E-state index in [0.29, 0.717) is 12.2 Å². The number of hydrogen-bond donors (Lipinski definition) is 2. The zero-order valence-electron chi connectivity index (χ0n) is 7.36. The summed E-state index contributed by atoms with van der Waals surface area (Å²) in [6, 6.07) is 3.20. The van der Waals surface area contributed by atoms with Gasteiger partial charge in [-0.25, -0.2) is 0 Å². The molecule has 0 fully saturated rings. The highest BCUT2D eigenvalue weighted by atomic mass is 16.4. The van der Waals surface area contributed by atoms with Gasteiger partial charge in [0, 0.05) is 0 Å². The maximum Gasteiger partial charge on any atom is 0.306 e. The molecule has 0 amide bonds. The van der Waals surface area contributed by atoms with Crippen LogP contribution in [0.4, 0.5) is 0 Å². The molecule has 1 aromatic rings. The van der Waals surface area contributed by atoms with Crippen LogP contribution in [0.1, 0.15) is 25.5 Å². The van der Waals surface area contributed by atoms with Crippen molar-refractivity contribution in [1.29, 1.82) is 0 Å². The van der Waals surface area contributed by atoms with Gasteiger partial charge < -0.3 is 14.6 Å². The lowest BCUT2D eigenvalue weighted by Gasteiger charge is -2.21. The van der Waals surface area contributed by atoms with Crippen LogP contribution in [-0.4, -0.2) is 16.2 Å². The fourth-order valence-electron chi connectivity index (χ4n) is 1.18. The van der Waals surface area contributed by atoms with Crippen LogP contribution >= 0.6 is 0 Å². The topological polar surface area (TPSA) is 70.7 Å². The first-order chi connectivity index (χ1) is 6.08. The van der Waals surface area contributed by atoms with Crippen molar-refractivity contribution >= 4 is 5.97 Å². The van der Waals surface area contributed by atoms with Gasteiger partial charge in [-0.15, -0.1) is 0 Å². The highest BCUT2D eigenvalue weighted by Gasteiger charge is 2.32. The number of rotatable bonds is 4.